The Morgan fingerprint density at radius 2 is 2.00 bits per heavy atom. The molecule has 0 aliphatic rings. The molecule has 1 aromatic rings. The summed E-state index contributed by atoms with van der Waals surface area (Å²) in [7, 11) is 1.30. The van der Waals surface area contributed by atoms with E-state index in [1.54, 1.807) is 24.3 Å². The van der Waals surface area contributed by atoms with Crippen molar-refractivity contribution in [2.45, 2.75) is 0 Å². The van der Waals surface area contributed by atoms with Crippen LogP contribution in [0.3, 0.4) is 0 Å². The second-order valence-corrected chi connectivity index (χ2v) is 2.83. The Balaban J connectivity index is 2.49. The molecular formula is C10H9ClO3. The van der Waals surface area contributed by atoms with Gasteiger partial charge >= 0.3 is 5.97 Å². The van der Waals surface area contributed by atoms with E-state index in [9.17, 15) is 4.79 Å². The summed E-state index contributed by atoms with van der Waals surface area (Å²) >= 11 is 5.67. The normalized spacial score (nSPS) is 10.1. The average molecular weight is 213 g/mol. The highest BCUT2D eigenvalue weighted by Gasteiger charge is 1.92. The van der Waals surface area contributed by atoms with E-state index in [0.29, 0.717) is 10.8 Å². The highest BCUT2D eigenvalue weighted by molar-refractivity contribution is 6.30. The van der Waals surface area contributed by atoms with E-state index in [4.69, 9.17) is 16.3 Å². The van der Waals surface area contributed by atoms with E-state index in [1.807, 2.05) is 0 Å². The van der Waals surface area contributed by atoms with E-state index in [2.05, 4.69) is 4.74 Å². The van der Waals surface area contributed by atoms with Gasteiger partial charge in [-0.15, -0.1) is 0 Å². The minimum atomic E-state index is -0.459. The molecule has 0 spiro atoms. The number of ether oxygens (including phenoxy) is 2. The molecule has 1 aromatic carbocycles. The molecule has 0 aromatic heterocycles. The quantitative estimate of drug-likeness (QED) is 0.439. The maximum Gasteiger partial charge on any atom is 0.333 e. The Morgan fingerprint density at radius 3 is 2.57 bits per heavy atom. The molecule has 0 fully saturated rings. The van der Waals surface area contributed by atoms with Gasteiger partial charge in [-0.05, 0) is 24.3 Å². The van der Waals surface area contributed by atoms with Gasteiger partial charge in [0.05, 0.1) is 19.4 Å². The zero-order chi connectivity index (χ0) is 10.4. The summed E-state index contributed by atoms with van der Waals surface area (Å²) in [6.07, 6.45) is 2.45. The van der Waals surface area contributed by atoms with Gasteiger partial charge < -0.3 is 9.47 Å². The van der Waals surface area contributed by atoms with Crippen molar-refractivity contribution in [3.63, 3.8) is 0 Å². The fraction of sp³-hybridized carbons (Fsp3) is 0.100. The third kappa shape index (κ3) is 3.49. The van der Waals surface area contributed by atoms with Crippen LogP contribution in [0.15, 0.2) is 36.6 Å². The molecule has 0 aliphatic heterocycles. The van der Waals surface area contributed by atoms with Crippen LogP contribution in [0.1, 0.15) is 0 Å². The second-order valence-electron chi connectivity index (χ2n) is 2.40. The van der Waals surface area contributed by atoms with Crippen molar-refractivity contribution in [3.05, 3.63) is 41.6 Å². The van der Waals surface area contributed by atoms with Gasteiger partial charge in [0.25, 0.3) is 0 Å². The molecular weight excluding hydrogens is 204 g/mol. The lowest BCUT2D eigenvalue weighted by molar-refractivity contribution is -0.134. The van der Waals surface area contributed by atoms with Crippen molar-refractivity contribution >= 4 is 17.6 Å². The lowest BCUT2D eigenvalue weighted by Crippen LogP contribution is -1.94. The van der Waals surface area contributed by atoms with Gasteiger partial charge in [-0.25, -0.2) is 4.79 Å². The second kappa shape index (κ2) is 5.29. The number of esters is 1. The maximum absolute atomic E-state index is 10.6. The lowest BCUT2D eigenvalue weighted by atomic mass is 10.3. The third-order valence-electron chi connectivity index (χ3n) is 1.42. The predicted molar refractivity (Wildman–Crippen MR) is 53.2 cm³/mol. The molecule has 0 saturated carbocycles. The molecule has 0 N–H and O–H groups in total. The molecule has 74 valence electrons. The molecule has 0 aliphatic carbocycles. The number of methoxy groups -OCH3 is 1. The van der Waals surface area contributed by atoms with Crippen LogP contribution in [0, 0.1) is 0 Å². The first-order valence-corrected chi connectivity index (χ1v) is 4.27. The molecule has 0 saturated heterocycles. The van der Waals surface area contributed by atoms with Gasteiger partial charge in [0.15, 0.2) is 0 Å². The number of carbonyl (C=O) groups is 1. The molecule has 4 heteroatoms. The molecule has 14 heavy (non-hydrogen) atoms. The third-order valence-corrected chi connectivity index (χ3v) is 1.68. The zero-order valence-corrected chi connectivity index (χ0v) is 8.32. The largest absolute Gasteiger partial charge is 0.466 e. The van der Waals surface area contributed by atoms with Crippen molar-refractivity contribution in [3.8, 4) is 5.75 Å². The van der Waals surface area contributed by atoms with Crippen molar-refractivity contribution in [2.75, 3.05) is 7.11 Å². The summed E-state index contributed by atoms with van der Waals surface area (Å²) in [6.45, 7) is 0. The highest BCUT2D eigenvalue weighted by atomic mass is 35.5. The van der Waals surface area contributed by atoms with Crippen LogP contribution in [-0.4, -0.2) is 13.1 Å². The summed E-state index contributed by atoms with van der Waals surface area (Å²) in [5.74, 6) is 0.147. The van der Waals surface area contributed by atoms with Crippen LogP contribution in [0.4, 0.5) is 0 Å². The van der Waals surface area contributed by atoms with E-state index >= 15 is 0 Å². The Bertz CT molecular complexity index is 330. The molecule has 3 nitrogen and oxygen atoms in total. The van der Waals surface area contributed by atoms with Crippen molar-refractivity contribution in [1.29, 1.82) is 0 Å². The van der Waals surface area contributed by atoms with E-state index in [-0.39, 0.29) is 0 Å². The van der Waals surface area contributed by atoms with Gasteiger partial charge in [-0.2, -0.15) is 0 Å². The fourth-order valence-corrected chi connectivity index (χ4v) is 0.875. The van der Waals surface area contributed by atoms with Crippen LogP contribution in [0.5, 0.6) is 5.75 Å². The summed E-state index contributed by atoms with van der Waals surface area (Å²) in [5, 5.41) is 0.634. The van der Waals surface area contributed by atoms with E-state index in [1.165, 1.54) is 19.4 Å². The summed E-state index contributed by atoms with van der Waals surface area (Å²) in [4.78, 5) is 10.6. The summed E-state index contributed by atoms with van der Waals surface area (Å²) < 4.78 is 9.47. The van der Waals surface area contributed by atoms with Gasteiger partial charge in [0.2, 0.25) is 0 Å². The smallest absolute Gasteiger partial charge is 0.333 e. The fourth-order valence-electron chi connectivity index (χ4n) is 0.749. The monoisotopic (exact) mass is 212 g/mol. The van der Waals surface area contributed by atoms with Gasteiger partial charge in [-0.3, -0.25) is 0 Å². The number of rotatable bonds is 3. The average Bonchev–Trinajstić information content (AvgIpc) is 2.21. The Kier molecular flexibility index (Phi) is 4.01. The maximum atomic E-state index is 10.6. The lowest BCUT2D eigenvalue weighted by Gasteiger charge is -1.98. The summed E-state index contributed by atoms with van der Waals surface area (Å²) in [6, 6.07) is 6.79. The number of carbonyl (C=O) groups excluding carboxylic acids is 1. The number of benzene rings is 1. The Hall–Kier alpha value is -1.48. The highest BCUT2D eigenvalue weighted by Crippen LogP contribution is 2.15. The first-order valence-electron chi connectivity index (χ1n) is 3.89. The van der Waals surface area contributed by atoms with Crippen LogP contribution >= 0.6 is 11.6 Å². The van der Waals surface area contributed by atoms with E-state index < -0.39 is 5.97 Å². The first-order chi connectivity index (χ1) is 6.72. The number of hydrogen-bond donors (Lipinski definition) is 0. The Labute approximate surface area is 86.9 Å². The standard InChI is InChI=1S/C10H9ClO3/c1-13-10(12)6-7-14-9-4-2-8(11)3-5-9/h2-7H,1H3/b7-6+. The van der Waals surface area contributed by atoms with Gasteiger partial charge in [0, 0.05) is 5.02 Å². The van der Waals surface area contributed by atoms with Gasteiger partial charge in [-0.1, -0.05) is 11.6 Å². The molecule has 0 radical (unpaired) electrons. The SMILES string of the molecule is COC(=O)/C=C/Oc1ccc(Cl)cc1. The van der Waals surface area contributed by atoms with Crippen molar-refractivity contribution in [1.82, 2.24) is 0 Å². The predicted octanol–water partition coefficient (Wildman–Crippen LogP) is 2.41. The molecule has 0 amide bonds. The number of hydrogen-bond acceptors (Lipinski definition) is 3. The zero-order valence-electron chi connectivity index (χ0n) is 7.57. The minimum absolute atomic E-state index is 0.459. The topological polar surface area (TPSA) is 35.5 Å². The van der Waals surface area contributed by atoms with Crippen molar-refractivity contribution in [2.24, 2.45) is 0 Å². The molecule has 0 bridgehead atoms. The molecule has 0 unspecified atom stereocenters. The summed E-state index contributed by atoms with van der Waals surface area (Å²) in [5.41, 5.74) is 0. The van der Waals surface area contributed by atoms with Crippen LogP contribution < -0.4 is 4.74 Å². The number of halogens is 1. The first kappa shape index (κ1) is 10.6. The van der Waals surface area contributed by atoms with Crippen molar-refractivity contribution < 1.29 is 14.3 Å². The van der Waals surface area contributed by atoms with Crippen LogP contribution in [0.2, 0.25) is 5.02 Å². The van der Waals surface area contributed by atoms with Crippen LogP contribution in [-0.2, 0) is 9.53 Å². The molecule has 0 heterocycles. The van der Waals surface area contributed by atoms with E-state index in [0.717, 1.165) is 0 Å². The minimum Gasteiger partial charge on any atom is -0.466 e. The van der Waals surface area contributed by atoms with Gasteiger partial charge in [0.1, 0.15) is 5.75 Å². The molecule has 1 rings (SSSR count). The Morgan fingerprint density at radius 1 is 1.36 bits per heavy atom. The van der Waals surface area contributed by atoms with Crippen LogP contribution in [0.25, 0.3) is 0 Å². The molecule has 0 atom stereocenters.